The summed E-state index contributed by atoms with van der Waals surface area (Å²) in [4.78, 5) is 26.4. The average Bonchev–Trinajstić information content (AvgIpc) is 3.60. The van der Waals surface area contributed by atoms with Gasteiger partial charge in [0.15, 0.2) is 23.5 Å². The molecule has 1 heterocycles. The lowest BCUT2D eigenvalue weighted by Gasteiger charge is -2.59. The van der Waals surface area contributed by atoms with Gasteiger partial charge in [0, 0.05) is 28.0 Å². The largest absolute Gasteiger partial charge is 0.489 e. The van der Waals surface area contributed by atoms with Gasteiger partial charge >= 0.3 is 0 Å². The summed E-state index contributed by atoms with van der Waals surface area (Å²) in [7, 11) is 0. The van der Waals surface area contributed by atoms with Crippen LogP contribution < -0.4 is 10.5 Å². The number of rotatable bonds is 7. The number of ketones is 2. The van der Waals surface area contributed by atoms with Gasteiger partial charge in [-0.15, -0.1) is 0 Å². The summed E-state index contributed by atoms with van der Waals surface area (Å²) in [5.41, 5.74) is 8.54. The van der Waals surface area contributed by atoms with Crippen molar-refractivity contribution < 1.29 is 34.0 Å². The minimum atomic E-state index is -1.45. The standard InChI is InChI=1S/C41H43NO7/c1-39-16-15-28(44)18-26(39)11-13-31-33-20-36-41(35(46)22-43,40(33,2)21-34(45)37(31)39)49-38(48-36)32-19-29(47-23-24-7-6-10-27(42)17-24)12-14-30(32)25-8-4-3-5-9-25/h3-10,12,14-19,31,33-34,36-38,43,45H,11,13,20-23,42H2,1-2H3/t31-,33-,34-,36+,37+,38-,39-,40-,41+/m0/s1. The predicted octanol–water partition coefficient (Wildman–Crippen LogP) is 6.12. The van der Waals surface area contributed by atoms with Crippen molar-refractivity contribution in [1.29, 1.82) is 0 Å². The van der Waals surface area contributed by atoms with E-state index in [0.717, 1.165) is 40.7 Å². The van der Waals surface area contributed by atoms with E-state index < -0.39 is 47.3 Å². The molecule has 8 nitrogen and oxygen atoms in total. The highest BCUT2D eigenvalue weighted by Crippen LogP contribution is 2.70. The second-order valence-corrected chi connectivity index (χ2v) is 15.0. The number of hydrogen-bond donors (Lipinski definition) is 3. The van der Waals surface area contributed by atoms with Crippen LogP contribution in [0, 0.1) is 28.6 Å². The van der Waals surface area contributed by atoms with E-state index in [9.17, 15) is 19.8 Å². The number of carbonyl (C=O) groups is 2. The second kappa shape index (κ2) is 11.8. The topological polar surface area (TPSA) is 128 Å². The van der Waals surface area contributed by atoms with E-state index in [-0.39, 0.29) is 23.5 Å². The SMILES string of the molecule is C[C@]12C=CC(=O)C=C1CC[C@@H]1[C@@H]2[C@@H](O)C[C@@]2(C)[C@H]1C[C@H]1O[C@H](c3cc(OCc4cccc(N)c4)ccc3-c3ccccc3)O[C@]12C(=O)CO. The number of hydrogen-bond acceptors (Lipinski definition) is 8. The monoisotopic (exact) mass is 661 g/mol. The van der Waals surface area contributed by atoms with Crippen molar-refractivity contribution in [2.45, 2.75) is 70.2 Å². The van der Waals surface area contributed by atoms with Gasteiger partial charge in [-0.3, -0.25) is 9.59 Å². The van der Waals surface area contributed by atoms with Crippen LogP contribution in [0.1, 0.15) is 56.9 Å². The first-order chi connectivity index (χ1) is 23.6. The number of anilines is 1. The molecule has 3 aromatic rings. The van der Waals surface area contributed by atoms with Crippen LogP contribution in [0.2, 0.25) is 0 Å². The number of nitrogen functional groups attached to an aromatic ring is 1. The number of nitrogens with two attached hydrogens (primary N) is 1. The molecule has 49 heavy (non-hydrogen) atoms. The highest BCUT2D eigenvalue weighted by Gasteiger charge is 2.76. The molecular weight excluding hydrogens is 618 g/mol. The predicted molar refractivity (Wildman–Crippen MR) is 184 cm³/mol. The molecular formula is C41H43NO7. The Hall–Kier alpha value is -4.08. The van der Waals surface area contributed by atoms with Crippen molar-refractivity contribution in [1.82, 2.24) is 0 Å². The molecule has 3 aromatic carbocycles. The summed E-state index contributed by atoms with van der Waals surface area (Å²) in [5, 5.41) is 22.5. The van der Waals surface area contributed by atoms with E-state index in [1.54, 1.807) is 12.2 Å². The second-order valence-electron chi connectivity index (χ2n) is 15.0. The van der Waals surface area contributed by atoms with Crippen LogP contribution in [-0.4, -0.2) is 46.2 Å². The van der Waals surface area contributed by atoms with Gasteiger partial charge in [0.05, 0.1) is 12.2 Å². The molecule has 0 aromatic heterocycles. The van der Waals surface area contributed by atoms with Crippen LogP contribution in [0.15, 0.2) is 96.6 Å². The number of fused-ring (bicyclic) bond motifs is 7. The Labute approximate surface area is 286 Å². The molecule has 4 N–H and O–H groups in total. The number of aliphatic hydroxyl groups is 2. The van der Waals surface area contributed by atoms with Crippen LogP contribution in [-0.2, 0) is 25.7 Å². The molecule has 254 valence electrons. The lowest BCUT2D eigenvalue weighted by molar-refractivity contribution is -0.201. The third-order valence-electron chi connectivity index (χ3n) is 12.5. The number of Topliss-reactive ketones (excluding diaryl/α,β-unsaturated/α-hetero) is 1. The van der Waals surface area contributed by atoms with Crippen molar-refractivity contribution in [2.75, 3.05) is 12.3 Å². The van der Waals surface area contributed by atoms with Gasteiger partial charge < -0.3 is 30.2 Å². The zero-order valence-corrected chi connectivity index (χ0v) is 27.9. The fourth-order valence-corrected chi connectivity index (χ4v) is 10.4. The fourth-order valence-electron chi connectivity index (χ4n) is 10.4. The molecule has 8 heteroatoms. The molecule has 4 fully saturated rings. The summed E-state index contributed by atoms with van der Waals surface area (Å²) in [5.74, 6) is 0.166. The maximum atomic E-state index is 14.1. The highest BCUT2D eigenvalue weighted by atomic mass is 16.7. The number of benzene rings is 3. The molecule has 0 amide bonds. The Bertz CT molecular complexity index is 1870. The lowest BCUT2D eigenvalue weighted by atomic mass is 9.46. The van der Waals surface area contributed by atoms with E-state index in [4.69, 9.17) is 19.9 Å². The van der Waals surface area contributed by atoms with Crippen LogP contribution in [0.4, 0.5) is 5.69 Å². The Morgan fingerprint density at radius 2 is 1.88 bits per heavy atom. The molecule has 0 radical (unpaired) electrons. The van der Waals surface area contributed by atoms with E-state index in [2.05, 4.69) is 6.92 Å². The van der Waals surface area contributed by atoms with Crippen molar-refractivity contribution in [2.24, 2.45) is 28.6 Å². The first-order valence-electron chi connectivity index (χ1n) is 17.3. The van der Waals surface area contributed by atoms with Crippen LogP contribution in [0.5, 0.6) is 5.75 Å². The zero-order valence-electron chi connectivity index (χ0n) is 27.9. The Balaban J connectivity index is 1.16. The molecule has 0 unspecified atom stereocenters. The molecule has 0 bridgehead atoms. The highest BCUT2D eigenvalue weighted by molar-refractivity contribution is 6.01. The van der Waals surface area contributed by atoms with Crippen molar-refractivity contribution in [3.05, 3.63) is 108 Å². The van der Waals surface area contributed by atoms with Crippen LogP contribution in [0.25, 0.3) is 11.1 Å². The summed E-state index contributed by atoms with van der Waals surface area (Å²) in [6.07, 6.45) is 5.51. The molecule has 9 atom stereocenters. The third-order valence-corrected chi connectivity index (χ3v) is 12.5. The molecule has 1 aliphatic heterocycles. The van der Waals surface area contributed by atoms with Crippen LogP contribution in [0.3, 0.4) is 0 Å². The minimum Gasteiger partial charge on any atom is -0.489 e. The summed E-state index contributed by atoms with van der Waals surface area (Å²) in [6, 6.07) is 23.3. The van der Waals surface area contributed by atoms with Gasteiger partial charge in [0.2, 0.25) is 0 Å². The Kier molecular flexibility index (Phi) is 7.72. The number of aliphatic hydroxyl groups excluding tert-OH is 2. The summed E-state index contributed by atoms with van der Waals surface area (Å²) < 4.78 is 20.0. The smallest absolute Gasteiger partial charge is 0.193 e. The third kappa shape index (κ3) is 4.87. The quantitative estimate of drug-likeness (QED) is 0.259. The normalized spacial score (nSPS) is 35.9. The maximum absolute atomic E-state index is 14.1. The molecule has 1 saturated heterocycles. The number of ether oxygens (including phenoxy) is 3. The zero-order chi connectivity index (χ0) is 34.1. The average molecular weight is 662 g/mol. The summed E-state index contributed by atoms with van der Waals surface area (Å²) in [6.45, 7) is 3.80. The van der Waals surface area contributed by atoms with Gasteiger partial charge in [-0.2, -0.15) is 0 Å². The van der Waals surface area contributed by atoms with E-state index in [1.165, 1.54) is 0 Å². The van der Waals surface area contributed by atoms with Gasteiger partial charge in [0.25, 0.3) is 0 Å². The minimum absolute atomic E-state index is 0.00771. The van der Waals surface area contributed by atoms with Crippen LogP contribution >= 0.6 is 0 Å². The number of allylic oxidation sites excluding steroid dienone is 4. The molecule has 3 saturated carbocycles. The lowest BCUT2D eigenvalue weighted by Crippen LogP contribution is -2.63. The molecule has 8 rings (SSSR count). The molecule has 5 aliphatic rings. The fraction of sp³-hybridized carbons (Fsp3) is 0.415. The van der Waals surface area contributed by atoms with E-state index >= 15 is 0 Å². The first-order valence-corrected chi connectivity index (χ1v) is 17.3. The number of carbonyl (C=O) groups excluding carboxylic acids is 2. The Morgan fingerprint density at radius 1 is 1.06 bits per heavy atom. The van der Waals surface area contributed by atoms with E-state index in [0.29, 0.717) is 30.9 Å². The maximum Gasteiger partial charge on any atom is 0.193 e. The first kappa shape index (κ1) is 32.1. The molecule has 0 spiro atoms. The van der Waals surface area contributed by atoms with Crippen molar-refractivity contribution >= 4 is 17.3 Å². The Morgan fingerprint density at radius 3 is 2.65 bits per heavy atom. The van der Waals surface area contributed by atoms with Gasteiger partial charge in [-0.25, -0.2) is 0 Å². The van der Waals surface area contributed by atoms with Gasteiger partial charge in [0.1, 0.15) is 19.0 Å². The van der Waals surface area contributed by atoms with Crippen molar-refractivity contribution in [3.8, 4) is 16.9 Å². The van der Waals surface area contributed by atoms with Gasteiger partial charge in [-0.1, -0.05) is 74.0 Å². The van der Waals surface area contributed by atoms with Crippen molar-refractivity contribution in [3.63, 3.8) is 0 Å². The summed E-state index contributed by atoms with van der Waals surface area (Å²) >= 11 is 0. The van der Waals surface area contributed by atoms with E-state index in [1.807, 2.05) is 85.8 Å². The van der Waals surface area contributed by atoms with Gasteiger partial charge in [-0.05, 0) is 90.6 Å². The molecule has 4 aliphatic carbocycles.